The second-order valence-electron chi connectivity index (χ2n) is 9.85. The van der Waals surface area contributed by atoms with E-state index in [-0.39, 0.29) is 27.7 Å². The van der Waals surface area contributed by atoms with Gasteiger partial charge in [-0.05, 0) is 62.9 Å². The van der Waals surface area contributed by atoms with E-state index in [0.29, 0.717) is 10.6 Å². The Bertz CT molecular complexity index is 1530. The first-order valence-corrected chi connectivity index (χ1v) is 12.6. The second kappa shape index (κ2) is 8.13. The number of nitrogens with one attached hydrogen (secondary N) is 2. The summed E-state index contributed by atoms with van der Waals surface area (Å²) in [6.07, 6.45) is -0.421. The van der Waals surface area contributed by atoms with Gasteiger partial charge in [-0.25, -0.2) is 19.3 Å². The van der Waals surface area contributed by atoms with E-state index < -0.39 is 18.3 Å². The summed E-state index contributed by atoms with van der Waals surface area (Å²) in [5.41, 5.74) is 3.16. The SMILES string of the molecule is CC1(C)NCCc2cc(Nc3ncc4c(=O)n(CC(F)(F)F)n(-c5nc(C6CC6)cs5)c4n3)ccc21. The first-order chi connectivity index (χ1) is 17.1. The van der Waals surface area contributed by atoms with Crippen LogP contribution in [0.4, 0.5) is 24.8 Å². The zero-order valence-electron chi connectivity index (χ0n) is 19.7. The lowest BCUT2D eigenvalue weighted by atomic mass is 9.85. The zero-order chi connectivity index (χ0) is 25.2. The van der Waals surface area contributed by atoms with E-state index in [4.69, 9.17) is 0 Å². The van der Waals surface area contributed by atoms with Gasteiger partial charge in [-0.3, -0.25) is 4.79 Å². The molecule has 0 radical (unpaired) electrons. The van der Waals surface area contributed by atoms with Gasteiger partial charge < -0.3 is 10.6 Å². The van der Waals surface area contributed by atoms with E-state index in [2.05, 4.69) is 39.4 Å². The van der Waals surface area contributed by atoms with Crippen LogP contribution in [0.2, 0.25) is 0 Å². The maximum absolute atomic E-state index is 13.4. The van der Waals surface area contributed by atoms with Crippen LogP contribution >= 0.6 is 11.3 Å². The first kappa shape index (κ1) is 23.2. The molecule has 0 saturated heterocycles. The number of benzene rings is 1. The number of thiazole rings is 1. The van der Waals surface area contributed by atoms with Crippen LogP contribution < -0.4 is 16.2 Å². The maximum Gasteiger partial charge on any atom is 0.408 e. The van der Waals surface area contributed by atoms with Crippen molar-refractivity contribution in [3.8, 4) is 5.13 Å². The third kappa shape index (κ3) is 4.17. The van der Waals surface area contributed by atoms with Crippen LogP contribution in [-0.4, -0.2) is 37.0 Å². The summed E-state index contributed by atoms with van der Waals surface area (Å²) in [4.78, 5) is 26.2. The van der Waals surface area contributed by atoms with Crippen molar-refractivity contribution in [2.24, 2.45) is 0 Å². The fourth-order valence-corrected chi connectivity index (χ4v) is 5.67. The molecule has 2 aliphatic rings. The highest BCUT2D eigenvalue weighted by molar-refractivity contribution is 7.12. The average molecular weight is 516 g/mol. The van der Waals surface area contributed by atoms with Gasteiger partial charge >= 0.3 is 6.18 Å². The van der Waals surface area contributed by atoms with Crippen molar-refractivity contribution in [3.05, 3.63) is 57.0 Å². The summed E-state index contributed by atoms with van der Waals surface area (Å²) < 4.78 is 42.0. The van der Waals surface area contributed by atoms with Crippen LogP contribution in [0.5, 0.6) is 0 Å². The minimum atomic E-state index is -4.59. The molecule has 6 rings (SSSR count). The summed E-state index contributed by atoms with van der Waals surface area (Å²) in [6.45, 7) is 3.68. The van der Waals surface area contributed by atoms with Gasteiger partial charge in [-0.15, -0.1) is 11.3 Å². The Morgan fingerprint density at radius 3 is 2.81 bits per heavy atom. The molecule has 36 heavy (non-hydrogen) atoms. The van der Waals surface area contributed by atoms with E-state index >= 15 is 0 Å². The van der Waals surface area contributed by atoms with E-state index in [0.717, 1.165) is 37.2 Å². The number of alkyl halides is 3. The van der Waals surface area contributed by atoms with Crippen LogP contribution in [0.15, 0.2) is 34.6 Å². The monoisotopic (exact) mass is 515 g/mol. The molecule has 4 aromatic rings. The summed E-state index contributed by atoms with van der Waals surface area (Å²) in [6, 6.07) is 6.01. The molecule has 1 saturated carbocycles. The fraction of sp³-hybridized carbons (Fsp3) is 0.417. The summed E-state index contributed by atoms with van der Waals surface area (Å²) >= 11 is 1.20. The number of nitrogens with zero attached hydrogens (tertiary/aromatic N) is 5. The maximum atomic E-state index is 13.4. The van der Waals surface area contributed by atoms with Crippen LogP contribution in [0.1, 0.15) is 49.4 Å². The highest BCUT2D eigenvalue weighted by Crippen LogP contribution is 2.41. The molecule has 2 N–H and O–H groups in total. The van der Waals surface area contributed by atoms with Gasteiger partial charge in [0.1, 0.15) is 11.9 Å². The number of fused-ring (bicyclic) bond motifs is 2. The normalized spacial score (nSPS) is 17.4. The molecule has 1 aromatic carbocycles. The number of aromatic nitrogens is 5. The molecule has 0 unspecified atom stereocenters. The Kier molecular flexibility index (Phi) is 5.23. The lowest BCUT2D eigenvalue weighted by Crippen LogP contribution is -2.42. The van der Waals surface area contributed by atoms with Crippen LogP contribution in [0.25, 0.3) is 16.2 Å². The quantitative estimate of drug-likeness (QED) is 0.404. The first-order valence-electron chi connectivity index (χ1n) is 11.8. The van der Waals surface area contributed by atoms with Crippen molar-refractivity contribution in [1.29, 1.82) is 0 Å². The third-order valence-electron chi connectivity index (χ3n) is 6.69. The van der Waals surface area contributed by atoms with Gasteiger partial charge in [0.2, 0.25) is 11.1 Å². The summed E-state index contributed by atoms with van der Waals surface area (Å²) in [5.74, 6) is 0.517. The molecule has 12 heteroatoms. The molecular formula is C24H24F3N7OS. The lowest BCUT2D eigenvalue weighted by molar-refractivity contribution is -0.144. The highest BCUT2D eigenvalue weighted by Gasteiger charge is 2.33. The van der Waals surface area contributed by atoms with Crippen LogP contribution in [0, 0.1) is 0 Å². The van der Waals surface area contributed by atoms with E-state index in [1.165, 1.54) is 33.3 Å². The molecular weight excluding hydrogens is 491 g/mol. The van der Waals surface area contributed by atoms with E-state index in [9.17, 15) is 18.0 Å². The zero-order valence-corrected chi connectivity index (χ0v) is 20.5. The van der Waals surface area contributed by atoms with E-state index in [1.807, 2.05) is 23.6 Å². The fourth-order valence-electron chi connectivity index (χ4n) is 4.76. The second-order valence-corrected chi connectivity index (χ2v) is 10.7. The standard InChI is InChI=1S/C24H24F3N7OS/c1-23(2)17-6-5-15(9-14(17)7-8-29-23)30-21-28-10-16-19(32-21)34(33(20(16)35)12-24(25,26)27)22-31-18(11-36-22)13-3-4-13/h5-6,9-11,13,29H,3-4,7-8,12H2,1-2H3,(H,28,30,32). The van der Waals surface area contributed by atoms with Gasteiger partial charge in [-0.1, -0.05) is 6.07 Å². The Morgan fingerprint density at radius 2 is 2.06 bits per heavy atom. The molecule has 188 valence electrons. The molecule has 0 spiro atoms. The number of rotatable bonds is 5. The molecule has 4 heterocycles. The average Bonchev–Trinajstić information content (AvgIpc) is 3.49. The number of hydrogen-bond acceptors (Lipinski definition) is 7. The summed E-state index contributed by atoms with van der Waals surface area (Å²) in [7, 11) is 0. The highest BCUT2D eigenvalue weighted by atomic mass is 32.1. The molecule has 1 fully saturated rings. The Labute approximate surface area is 208 Å². The van der Waals surface area contributed by atoms with Crippen LogP contribution in [0.3, 0.4) is 0 Å². The van der Waals surface area contributed by atoms with Crippen molar-refractivity contribution in [3.63, 3.8) is 0 Å². The third-order valence-corrected chi connectivity index (χ3v) is 7.52. The molecule has 0 bridgehead atoms. The minimum absolute atomic E-state index is 0.00577. The molecule has 8 nitrogen and oxygen atoms in total. The predicted octanol–water partition coefficient (Wildman–Crippen LogP) is 4.60. The van der Waals surface area contributed by atoms with E-state index in [1.54, 1.807) is 0 Å². The van der Waals surface area contributed by atoms with Gasteiger partial charge in [0.05, 0.1) is 5.69 Å². The molecule has 1 aliphatic heterocycles. The molecule has 1 aliphatic carbocycles. The Morgan fingerprint density at radius 1 is 1.25 bits per heavy atom. The van der Waals surface area contributed by atoms with Gasteiger partial charge in [0.25, 0.3) is 5.56 Å². The van der Waals surface area contributed by atoms with Crippen molar-refractivity contribution in [1.82, 2.24) is 29.6 Å². The van der Waals surface area contributed by atoms with Crippen molar-refractivity contribution in [2.75, 3.05) is 11.9 Å². The minimum Gasteiger partial charge on any atom is -0.324 e. The molecule has 0 amide bonds. The lowest BCUT2D eigenvalue weighted by Gasteiger charge is -2.34. The predicted molar refractivity (Wildman–Crippen MR) is 131 cm³/mol. The number of anilines is 2. The number of halogens is 3. The van der Waals surface area contributed by atoms with Crippen LogP contribution in [-0.2, 0) is 18.5 Å². The Balaban J connectivity index is 1.42. The van der Waals surface area contributed by atoms with Crippen molar-refractivity contribution >= 4 is 34.0 Å². The smallest absolute Gasteiger partial charge is 0.324 e. The topological polar surface area (TPSA) is 89.7 Å². The molecule has 3 aromatic heterocycles. The summed E-state index contributed by atoms with van der Waals surface area (Å²) in [5, 5.41) is 8.78. The van der Waals surface area contributed by atoms with Gasteiger partial charge in [0, 0.05) is 28.7 Å². The van der Waals surface area contributed by atoms with Gasteiger partial charge in [-0.2, -0.15) is 18.2 Å². The largest absolute Gasteiger partial charge is 0.408 e. The Hall–Kier alpha value is -3.25. The number of hydrogen-bond donors (Lipinski definition) is 2. The van der Waals surface area contributed by atoms with Gasteiger partial charge in [0.15, 0.2) is 5.65 Å². The van der Waals surface area contributed by atoms with Crippen molar-refractivity contribution in [2.45, 2.75) is 57.3 Å². The van der Waals surface area contributed by atoms with Crippen molar-refractivity contribution < 1.29 is 13.2 Å². The molecule has 0 atom stereocenters.